The van der Waals surface area contributed by atoms with Gasteiger partial charge < -0.3 is 10.0 Å². The van der Waals surface area contributed by atoms with E-state index in [0.717, 1.165) is 37.2 Å². The molecule has 1 N–H and O–H groups in total. The van der Waals surface area contributed by atoms with Crippen LogP contribution in [0.3, 0.4) is 0 Å². The highest BCUT2D eigenvalue weighted by molar-refractivity contribution is 5.55. The molecule has 1 atom stereocenters. The fourth-order valence-electron chi connectivity index (χ4n) is 2.90. The van der Waals surface area contributed by atoms with Crippen molar-refractivity contribution in [2.75, 3.05) is 11.4 Å². The number of para-hydroxylation sites is 1. The molecule has 2 heterocycles. The van der Waals surface area contributed by atoms with Crippen molar-refractivity contribution in [2.24, 2.45) is 0 Å². The summed E-state index contributed by atoms with van der Waals surface area (Å²) < 4.78 is 0. The van der Waals surface area contributed by atoms with Gasteiger partial charge in [-0.1, -0.05) is 24.3 Å². The van der Waals surface area contributed by atoms with Crippen molar-refractivity contribution < 1.29 is 5.11 Å². The highest BCUT2D eigenvalue weighted by Crippen LogP contribution is 2.33. The van der Waals surface area contributed by atoms with Crippen LogP contribution in [-0.4, -0.2) is 16.6 Å². The summed E-state index contributed by atoms with van der Waals surface area (Å²) in [5, 5.41) is 10.2. The average Bonchev–Trinajstić information content (AvgIpc) is 2.60. The van der Waals surface area contributed by atoms with Gasteiger partial charge in [0.25, 0.3) is 0 Å². The predicted molar refractivity (Wildman–Crippen MR) is 80.7 cm³/mol. The lowest BCUT2D eigenvalue weighted by Crippen LogP contribution is -2.23. The van der Waals surface area contributed by atoms with Gasteiger partial charge in [-0.05, 0) is 37.0 Å². The minimum Gasteiger partial charge on any atom is -0.388 e. The van der Waals surface area contributed by atoms with E-state index in [0.29, 0.717) is 0 Å². The van der Waals surface area contributed by atoms with Crippen LogP contribution >= 0.6 is 0 Å². The lowest BCUT2D eigenvalue weighted by Gasteiger charge is -2.25. The number of hydrogen-bond acceptors (Lipinski definition) is 3. The number of hydrogen-bond donors (Lipinski definition) is 1. The first-order valence-electron chi connectivity index (χ1n) is 7.16. The SMILES string of the molecule is Cc1cncc(CN2CCCC(O)c3ccccc32)c1. The summed E-state index contributed by atoms with van der Waals surface area (Å²) in [6.07, 6.45) is 5.31. The van der Waals surface area contributed by atoms with Crippen molar-refractivity contribution in [1.29, 1.82) is 0 Å². The summed E-state index contributed by atoms with van der Waals surface area (Å²) in [6.45, 7) is 3.89. The van der Waals surface area contributed by atoms with Crippen molar-refractivity contribution in [3.63, 3.8) is 0 Å². The zero-order valence-corrected chi connectivity index (χ0v) is 11.8. The minimum atomic E-state index is -0.341. The van der Waals surface area contributed by atoms with Crippen molar-refractivity contribution in [1.82, 2.24) is 4.98 Å². The van der Waals surface area contributed by atoms with Crippen LogP contribution in [0.15, 0.2) is 42.7 Å². The second-order valence-electron chi connectivity index (χ2n) is 5.51. The first kappa shape index (κ1) is 13.1. The normalized spacial score (nSPS) is 18.5. The predicted octanol–water partition coefficient (Wildman–Crippen LogP) is 3.22. The number of rotatable bonds is 2. The Morgan fingerprint density at radius 2 is 2.15 bits per heavy atom. The first-order valence-corrected chi connectivity index (χ1v) is 7.16. The van der Waals surface area contributed by atoms with Gasteiger partial charge in [0.05, 0.1) is 6.10 Å². The maximum Gasteiger partial charge on any atom is 0.0810 e. The number of aromatic nitrogens is 1. The van der Waals surface area contributed by atoms with Gasteiger partial charge in [-0.15, -0.1) is 0 Å². The molecule has 0 saturated heterocycles. The Balaban J connectivity index is 1.91. The van der Waals surface area contributed by atoms with E-state index in [1.54, 1.807) is 0 Å². The number of pyridine rings is 1. The summed E-state index contributed by atoms with van der Waals surface area (Å²) in [4.78, 5) is 6.62. The standard InChI is InChI=1S/C17H20N2O/c1-13-9-14(11-18-10-13)12-19-8-4-7-17(20)15-5-2-3-6-16(15)19/h2-3,5-6,9-11,17,20H,4,7-8,12H2,1H3. The quantitative estimate of drug-likeness (QED) is 0.908. The zero-order chi connectivity index (χ0) is 13.9. The van der Waals surface area contributed by atoms with E-state index in [-0.39, 0.29) is 6.10 Å². The molecule has 0 bridgehead atoms. The highest BCUT2D eigenvalue weighted by Gasteiger charge is 2.20. The van der Waals surface area contributed by atoms with Gasteiger partial charge in [-0.3, -0.25) is 4.98 Å². The molecule has 1 unspecified atom stereocenters. The Hall–Kier alpha value is -1.87. The Morgan fingerprint density at radius 3 is 3.00 bits per heavy atom. The molecule has 20 heavy (non-hydrogen) atoms. The second-order valence-corrected chi connectivity index (χ2v) is 5.51. The molecule has 0 saturated carbocycles. The van der Waals surface area contributed by atoms with Gasteiger partial charge in [0.15, 0.2) is 0 Å². The van der Waals surface area contributed by atoms with Crippen LogP contribution < -0.4 is 4.90 Å². The first-order chi connectivity index (χ1) is 9.74. The van der Waals surface area contributed by atoms with Gasteiger partial charge in [0.1, 0.15) is 0 Å². The molecule has 1 aromatic carbocycles. The molecule has 0 aliphatic carbocycles. The Kier molecular flexibility index (Phi) is 3.70. The number of aliphatic hydroxyl groups is 1. The third-order valence-corrected chi connectivity index (χ3v) is 3.85. The molecule has 1 aliphatic rings. The number of aryl methyl sites for hydroxylation is 1. The molecule has 0 amide bonds. The van der Waals surface area contributed by atoms with Gasteiger partial charge in [-0.2, -0.15) is 0 Å². The van der Waals surface area contributed by atoms with Crippen LogP contribution in [0.1, 0.15) is 35.6 Å². The third-order valence-electron chi connectivity index (χ3n) is 3.85. The number of nitrogens with zero attached hydrogens (tertiary/aromatic N) is 2. The van der Waals surface area contributed by atoms with Crippen LogP contribution in [0, 0.1) is 6.92 Å². The molecule has 0 fully saturated rings. The molecule has 3 heteroatoms. The lowest BCUT2D eigenvalue weighted by molar-refractivity contribution is 0.168. The molecule has 0 spiro atoms. The monoisotopic (exact) mass is 268 g/mol. The van der Waals surface area contributed by atoms with E-state index in [4.69, 9.17) is 0 Å². The van der Waals surface area contributed by atoms with Crippen LogP contribution in [0.2, 0.25) is 0 Å². The smallest absolute Gasteiger partial charge is 0.0810 e. The van der Waals surface area contributed by atoms with Crippen molar-refractivity contribution in [3.05, 3.63) is 59.4 Å². The Morgan fingerprint density at radius 1 is 1.30 bits per heavy atom. The van der Waals surface area contributed by atoms with Crippen molar-refractivity contribution in [3.8, 4) is 0 Å². The van der Waals surface area contributed by atoms with Gasteiger partial charge in [0.2, 0.25) is 0 Å². The molecule has 104 valence electrons. The molecular formula is C17H20N2O. The molecule has 3 nitrogen and oxygen atoms in total. The maximum atomic E-state index is 10.2. The molecule has 3 rings (SSSR count). The highest BCUT2D eigenvalue weighted by atomic mass is 16.3. The van der Waals surface area contributed by atoms with E-state index in [1.165, 1.54) is 11.1 Å². The minimum absolute atomic E-state index is 0.341. The summed E-state index contributed by atoms with van der Waals surface area (Å²) in [7, 11) is 0. The van der Waals surface area contributed by atoms with E-state index in [2.05, 4.69) is 28.9 Å². The summed E-state index contributed by atoms with van der Waals surface area (Å²) in [5.41, 5.74) is 4.60. The number of benzene rings is 1. The van der Waals surface area contributed by atoms with E-state index in [9.17, 15) is 5.11 Å². The molecule has 2 aromatic rings. The fraction of sp³-hybridized carbons (Fsp3) is 0.353. The number of anilines is 1. The summed E-state index contributed by atoms with van der Waals surface area (Å²) in [5.74, 6) is 0. The maximum absolute atomic E-state index is 10.2. The summed E-state index contributed by atoms with van der Waals surface area (Å²) >= 11 is 0. The third kappa shape index (κ3) is 2.68. The zero-order valence-electron chi connectivity index (χ0n) is 11.8. The van der Waals surface area contributed by atoms with E-state index < -0.39 is 0 Å². The Labute approximate surface area is 119 Å². The molecule has 1 aromatic heterocycles. The van der Waals surface area contributed by atoms with Crippen LogP contribution in [0.25, 0.3) is 0 Å². The van der Waals surface area contributed by atoms with Gasteiger partial charge >= 0.3 is 0 Å². The topological polar surface area (TPSA) is 36.4 Å². The van der Waals surface area contributed by atoms with Crippen molar-refractivity contribution >= 4 is 5.69 Å². The summed E-state index contributed by atoms with van der Waals surface area (Å²) in [6, 6.07) is 10.4. The second kappa shape index (κ2) is 5.63. The van der Waals surface area contributed by atoms with Crippen molar-refractivity contribution in [2.45, 2.75) is 32.4 Å². The van der Waals surface area contributed by atoms with E-state index in [1.807, 2.05) is 30.6 Å². The molecule has 0 radical (unpaired) electrons. The molecule has 1 aliphatic heterocycles. The number of aliphatic hydroxyl groups excluding tert-OH is 1. The largest absolute Gasteiger partial charge is 0.388 e. The number of fused-ring (bicyclic) bond motifs is 1. The molecular weight excluding hydrogens is 248 g/mol. The fourth-order valence-corrected chi connectivity index (χ4v) is 2.90. The van der Waals surface area contributed by atoms with E-state index >= 15 is 0 Å². The average molecular weight is 268 g/mol. The van der Waals surface area contributed by atoms with Crippen LogP contribution in [-0.2, 0) is 6.54 Å². The van der Waals surface area contributed by atoms with Crippen LogP contribution in [0.4, 0.5) is 5.69 Å². The lowest BCUT2D eigenvalue weighted by atomic mass is 10.0. The Bertz CT molecular complexity index is 597. The van der Waals surface area contributed by atoms with Gasteiger partial charge in [-0.25, -0.2) is 0 Å². The van der Waals surface area contributed by atoms with Gasteiger partial charge in [0, 0.05) is 36.7 Å². The van der Waals surface area contributed by atoms with Crippen LogP contribution in [0.5, 0.6) is 0 Å².